The highest BCUT2D eigenvalue weighted by atomic mass is 16.5. The topological polar surface area (TPSA) is 103 Å². The molecule has 5 rings (SSSR count). The molecule has 2 aromatic rings. The van der Waals surface area contributed by atoms with Crippen LogP contribution >= 0.6 is 0 Å². The first-order valence-corrected chi connectivity index (χ1v) is 14.8. The Bertz CT molecular complexity index is 1270. The van der Waals surface area contributed by atoms with Gasteiger partial charge in [-0.05, 0) is 77.4 Å². The second-order valence-electron chi connectivity index (χ2n) is 11.5. The number of allylic oxidation sites excluding steroid dienone is 2. The number of nitrogens with zero attached hydrogens (tertiary/aromatic N) is 5. The molecule has 2 N–H and O–H groups in total. The molecule has 1 aromatic heterocycles. The van der Waals surface area contributed by atoms with Crippen LogP contribution in [0.4, 0.5) is 23.1 Å². The number of ether oxygens (including phenoxy) is 1. The number of aromatic nitrogens is 2. The molecule has 0 bridgehead atoms. The summed E-state index contributed by atoms with van der Waals surface area (Å²) in [4.78, 5) is 42.2. The zero-order chi connectivity index (χ0) is 28.9. The van der Waals surface area contributed by atoms with Crippen LogP contribution in [-0.2, 0) is 4.79 Å². The Morgan fingerprint density at radius 1 is 1.15 bits per heavy atom. The van der Waals surface area contributed by atoms with Crippen molar-refractivity contribution in [3.05, 3.63) is 42.1 Å². The van der Waals surface area contributed by atoms with Gasteiger partial charge in [-0.3, -0.25) is 9.59 Å². The van der Waals surface area contributed by atoms with Gasteiger partial charge < -0.3 is 30.1 Å². The molecule has 0 radical (unpaired) electrons. The number of carbonyl (C=O) groups excluding carboxylic acids is 2. The zero-order valence-corrected chi connectivity index (χ0v) is 24.7. The highest BCUT2D eigenvalue weighted by molar-refractivity contribution is 5.99. The fourth-order valence-corrected chi connectivity index (χ4v) is 6.16. The van der Waals surface area contributed by atoms with Gasteiger partial charge in [-0.1, -0.05) is 25.0 Å². The summed E-state index contributed by atoms with van der Waals surface area (Å²) < 4.78 is 5.66. The number of methoxy groups -OCH3 is 1. The van der Waals surface area contributed by atoms with Crippen LogP contribution < -0.4 is 25.2 Å². The second-order valence-corrected chi connectivity index (χ2v) is 11.5. The predicted octanol–water partition coefficient (Wildman–Crippen LogP) is 4.36. The molecule has 1 atom stereocenters. The number of hydrogen-bond acceptors (Lipinski definition) is 8. The third-order valence-electron chi connectivity index (χ3n) is 8.67. The lowest BCUT2D eigenvalue weighted by Gasteiger charge is -2.31. The van der Waals surface area contributed by atoms with Gasteiger partial charge in [-0.15, -0.1) is 0 Å². The molecule has 1 unspecified atom stereocenters. The van der Waals surface area contributed by atoms with Crippen molar-refractivity contribution in [3.63, 3.8) is 0 Å². The van der Waals surface area contributed by atoms with Crippen molar-refractivity contribution < 1.29 is 14.3 Å². The molecule has 1 aliphatic carbocycles. The van der Waals surface area contributed by atoms with E-state index in [1.807, 2.05) is 26.1 Å². The third kappa shape index (κ3) is 6.48. The molecular weight excluding hydrogens is 518 g/mol. The first-order chi connectivity index (χ1) is 19.9. The number of carbonyl (C=O) groups is 2. The molecule has 220 valence electrons. The van der Waals surface area contributed by atoms with Crippen LogP contribution in [0.25, 0.3) is 0 Å². The van der Waals surface area contributed by atoms with Gasteiger partial charge in [0.15, 0.2) is 5.82 Å². The van der Waals surface area contributed by atoms with E-state index >= 15 is 0 Å². The van der Waals surface area contributed by atoms with Crippen molar-refractivity contribution in [1.29, 1.82) is 0 Å². The van der Waals surface area contributed by atoms with Gasteiger partial charge >= 0.3 is 0 Å². The average molecular weight is 562 g/mol. The average Bonchev–Trinajstić information content (AvgIpc) is 3.50. The first-order valence-electron chi connectivity index (χ1n) is 14.8. The number of likely N-dealkylation sites (tertiary alicyclic amines) is 1. The minimum absolute atomic E-state index is 0.0879. The van der Waals surface area contributed by atoms with Crippen LogP contribution in [0.15, 0.2) is 36.5 Å². The zero-order valence-electron chi connectivity index (χ0n) is 24.7. The molecule has 10 heteroatoms. The van der Waals surface area contributed by atoms with E-state index in [9.17, 15) is 9.59 Å². The van der Waals surface area contributed by atoms with Crippen LogP contribution in [0, 0.1) is 5.92 Å². The SMILES string of the molecule is C/C=C/CC1CN(C2CCCC2)c2nc(Nc3ccc(C(=O)NC4CCN(C)CC4)cc3OC)ncc2N(C)C1=O. The Morgan fingerprint density at radius 3 is 2.61 bits per heavy atom. The van der Waals surface area contributed by atoms with Gasteiger partial charge in [0.2, 0.25) is 11.9 Å². The summed E-state index contributed by atoms with van der Waals surface area (Å²) in [5.74, 6) is 1.58. The van der Waals surface area contributed by atoms with E-state index in [4.69, 9.17) is 9.72 Å². The lowest BCUT2D eigenvalue weighted by atomic mass is 10.0. The minimum Gasteiger partial charge on any atom is -0.495 e. The van der Waals surface area contributed by atoms with E-state index < -0.39 is 0 Å². The molecule has 2 amide bonds. The van der Waals surface area contributed by atoms with E-state index in [0.717, 1.165) is 50.3 Å². The molecular formula is C31H43N7O3. The second kappa shape index (κ2) is 12.9. The van der Waals surface area contributed by atoms with Crippen LogP contribution in [0.2, 0.25) is 0 Å². The summed E-state index contributed by atoms with van der Waals surface area (Å²) in [6, 6.07) is 5.90. The number of hydrogen-bond donors (Lipinski definition) is 2. The summed E-state index contributed by atoms with van der Waals surface area (Å²) in [5.41, 5.74) is 1.94. The van der Waals surface area contributed by atoms with Crippen molar-refractivity contribution >= 4 is 35.0 Å². The van der Waals surface area contributed by atoms with E-state index in [-0.39, 0.29) is 23.8 Å². The molecule has 3 aliphatic rings. The summed E-state index contributed by atoms with van der Waals surface area (Å²) in [6.45, 7) is 4.58. The minimum atomic E-state index is -0.143. The van der Waals surface area contributed by atoms with Gasteiger partial charge in [0, 0.05) is 31.2 Å². The van der Waals surface area contributed by atoms with Gasteiger partial charge in [-0.2, -0.15) is 4.98 Å². The normalized spacial score (nSPS) is 20.8. The molecule has 3 heterocycles. The highest BCUT2D eigenvalue weighted by Gasteiger charge is 2.36. The third-order valence-corrected chi connectivity index (χ3v) is 8.67. The Balaban J connectivity index is 1.38. The van der Waals surface area contributed by atoms with Crippen LogP contribution in [0.1, 0.15) is 62.2 Å². The fourth-order valence-electron chi connectivity index (χ4n) is 6.16. The summed E-state index contributed by atoms with van der Waals surface area (Å²) >= 11 is 0. The van der Waals surface area contributed by atoms with Crippen molar-refractivity contribution in [2.75, 3.05) is 56.0 Å². The summed E-state index contributed by atoms with van der Waals surface area (Å²) in [5, 5.41) is 6.47. The van der Waals surface area contributed by atoms with Gasteiger partial charge in [0.25, 0.3) is 5.91 Å². The Kier molecular flexibility index (Phi) is 9.07. The van der Waals surface area contributed by atoms with Crippen molar-refractivity contribution in [2.24, 2.45) is 5.92 Å². The maximum absolute atomic E-state index is 13.4. The molecule has 1 aromatic carbocycles. The van der Waals surface area contributed by atoms with E-state index in [0.29, 0.717) is 42.0 Å². The van der Waals surface area contributed by atoms with Crippen LogP contribution in [0.3, 0.4) is 0 Å². The maximum atomic E-state index is 13.4. The molecule has 1 saturated heterocycles. The van der Waals surface area contributed by atoms with E-state index in [1.165, 1.54) is 12.8 Å². The Morgan fingerprint density at radius 2 is 1.90 bits per heavy atom. The predicted molar refractivity (Wildman–Crippen MR) is 162 cm³/mol. The number of rotatable bonds is 8. The molecule has 10 nitrogen and oxygen atoms in total. The van der Waals surface area contributed by atoms with Crippen LogP contribution in [0.5, 0.6) is 5.75 Å². The quantitative estimate of drug-likeness (QED) is 0.459. The number of piperidine rings is 1. The molecule has 2 fully saturated rings. The van der Waals surface area contributed by atoms with Crippen molar-refractivity contribution in [2.45, 2.75) is 64.0 Å². The van der Waals surface area contributed by atoms with Gasteiger partial charge in [0.1, 0.15) is 11.4 Å². The van der Waals surface area contributed by atoms with E-state index in [2.05, 4.69) is 38.5 Å². The maximum Gasteiger partial charge on any atom is 0.251 e. The fraction of sp³-hybridized carbons (Fsp3) is 0.548. The smallest absolute Gasteiger partial charge is 0.251 e. The van der Waals surface area contributed by atoms with E-state index in [1.54, 1.807) is 30.3 Å². The summed E-state index contributed by atoms with van der Waals surface area (Å²) in [7, 11) is 5.51. The first kappa shape index (κ1) is 28.9. The van der Waals surface area contributed by atoms with Crippen molar-refractivity contribution in [1.82, 2.24) is 20.2 Å². The summed E-state index contributed by atoms with van der Waals surface area (Å²) in [6.07, 6.45) is 13.0. The molecule has 0 spiro atoms. The van der Waals surface area contributed by atoms with Gasteiger partial charge in [0.05, 0.1) is 24.9 Å². The largest absolute Gasteiger partial charge is 0.495 e. The number of amides is 2. The number of anilines is 4. The lowest BCUT2D eigenvalue weighted by Crippen LogP contribution is -2.43. The Labute approximate surface area is 243 Å². The standard InChI is InChI=1S/C31H43N7O3/c1-5-6-9-22-20-38(24-10-7-8-11-24)28-26(37(3)30(22)40)19-32-31(35-28)34-25-13-12-21(18-27(25)41-4)29(39)33-23-14-16-36(2)17-15-23/h5-6,12-13,18-19,22-24H,7-11,14-17,20H2,1-4H3,(H,33,39)(H,32,34,35)/b6-5+. The van der Waals surface area contributed by atoms with Crippen molar-refractivity contribution in [3.8, 4) is 5.75 Å². The monoisotopic (exact) mass is 561 g/mol. The van der Waals surface area contributed by atoms with Gasteiger partial charge in [-0.25, -0.2) is 4.98 Å². The van der Waals surface area contributed by atoms with Crippen LogP contribution in [-0.4, -0.2) is 79.6 Å². The number of nitrogens with one attached hydrogen (secondary N) is 2. The molecule has 41 heavy (non-hydrogen) atoms. The lowest BCUT2D eigenvalue weighted by molar-refractivity contribution is -0.121. The highest BCUT2D eigenvalue weighted by Crippen LogP contribution is 2.38. The molecule has 1 saturated carbocycles. The number of fused-ring (bicyclic) bond motifs is 1. The Hall–Kier alpha value is -3.66. The molecule has 2 aliphatic heterocycles. The number of benzene rings is 1.